The van der Waals surface area contributed by atoms with Gasteiger partial charge in [0.2, 0.25) is 0 Å². The molecule has 1 heterocycles. The van der Waals surface area contributed by atoms with E-state index < -0.39 is 16.0 Å². The average molecular weight is 354 g/mol. The van der Waals surface area contributed by atoms with Crippen molar-refractivity contribution < 1.29 is 18.3 Å². The van der Waals surface area contributed by atoms with E-state index in [-0.39, 0.29) is 16.3 Å². The number of anilines is 1. The maximum Gasteiger partial charge on any atom is 0.336 e. The molecule has 3 aromatic rings. The molecule has 0 bridgehead atoms. The normalized spacial score (nSPS) is 11.0. The summed E-state index contributed by atoms with van der Waals surface area (Å²) in [4.78, 5) is 15.3. The van der Waals surface area contributed by atoms with Crippen LogP contribution in [0.4, 0.5) is 5.82 Å². The molecule has 126 valence electrons. The number of rotatable bonds is 5. The van der Waals surface area contributed by atoms with Gasteiger partial charge in [-0.05, 0) is 41.5 Å². The Morgan fingerprint density at radius 1 is 0.920 bits per heavy atom. The third kappa shape index (κ3) is 3.67. The van der Waals surface area contributed by atoms with Gasteiger partial charge in [0.05, 0.1) is 10.5 Å². The number of carbonyl (C=O) groups is 1. The Balaban J connectivity index is 1.92. The van der Waals surface area contributed by atoms with Crippen LogP contribution in [0, 0.1) is 0 Å². The molecule has 3 rings (SSSR count). The minimum Gasteiger partial charge on any atom is -0.478 e. The lowest BCUT2D eigenvalue weighted by atomic mass is 10.00. The van der Waals surface area contributed by atoms with Crippen LogP contribution in [0.2, 0.25) is 0 Å². The summed E-state index contributed by atoms with van der Waals surface area (Å²) in [5.41, 5.74) is 1.30. The number of nitrogens with zero attached hydrogens (tertiary/aromatic N) is 1. The predicted molar refractivity (Wildman–Crippen MR) is 93.9 cm³/mol. The van der Waals surface area contributed by atoms with Crippen molar-refractivity contribution in [2.75, 3.05) is 4.72 Å². The SMILES string of the molecule is O=C(O)c1ccccc1-c1ccc(S(=O)(=O)Nc2ccccn2)cc1. The van der Waals surface area contributed by atoms with Crippen LogP contribution in [-0.4, -0.2) is 24.5 Å². The minimum atomic E-state index is -3.77. The molecule has 0 atom stereocenters. The number of hydrogen-bond acceptors (Lipinski definition) is 4. The molecule has 2 aromatic carbocycles. The van der Waals surface area contributed by atoms with Crippen molar-refractivity contribution in [3.05, 3.63) is 78.5 Å². The molecule has 2 N–H and O–H groups in total. The number of sulfonamides is 1. The lowest BCUT2D eigenvalue weighted by Gasteiger charge is -2.09. The van der Waals surface area contributed by atoms with Crippen molar-refractivity contribution in [2.24, 2.45) is 0 Å². The molecule has 0 radical (unpaired) electrons. The predicted octanol–water partition coefficient (Wildman–Crippen LogP) is 3.25. The van der Waals surface area contributed by atoms with Gasteiger partial charge in [0.1, 0.15) is 5.82 Å². The van der Waals surface area contributed by atoms with Crippen molar-refractivity contribution in [1.82, 2.24) is 4.98 Å². The van der Waals surface area contributed by atoms with Crippen molar-refractivity contribution in [3.63, 3.8) is 0 Å². The van der Waals surface area contributed by atoms with Gasteiger partial charge >= 0.3 is 5.97 Å². The van der Waals surface area contributed by atoms with Gasteiger partial charge in [-0.15, -0.1) is 0 Å². The second kappa shape index (κ2) is 6.74. The number of benzene rings is 2. The lowest BCUT2D eigenvalue weighted by Crippen LogP contribution is -2.13. The van der Waals surface area contributed by atoms with Crippen LogP contribution in [0.1, 0.15) is 10.4 Å². The molecule has 0 amide bonds. The van der Waals surface area contributed by atoms with Crippen LogP contribution >= 0.6 is 0 Å². The summed E-state index contributed by atoms with van der Waals surface area (Å²) in [6.45, 7) is 0. The van der Waals surface area contributed by atoms with Gasteiger partial charge in [-0.2, -0.15) is 0 Å². The van der Waals surface area contributed by atoms with Gasteiger partial charge in [0, 0.05) is 6.20 Å². The Hall–Kier alpha value is -3.19. The molecule has 0 unspecified atom stereocenters. The molecule has 7 heteroatoms. The van der Waals surface area contributed by atoms with Crippen molar-refractivity contribution in [1.29, 1.82) is 0 Å². The highest BCUT2D eigenvalue weighted by molar-refractivity contribution is 7.92. The summed E-state index contributed by atoms with van der Waals surface area (Å²) in [6.07, 6.45) is 1.49. The Labute approximate surface area is 144 Å². The van der Waals surface area contributed by atoms with Crippen molar-refractivity contribution in [2.45, 2.75) is 4.90 Å². The second-order valence-electron chi connectivity index (χ2n) is 5.20. The van der Waals surface area contributed by atoms with E-state index in [1.54, 1.807) is 48.5 Å². The van der Waals surface area contributed by atoms with Gasteiger partial charge in [-0.25, -0.2) is 18.2 Å². The Morgan fingerprint density at radius 3 is 2.24 bits per heavy atom. The molecule has 0 aliphatic rings. The zero-order valence-corrected chi connectivity index (χ0v) is 13.8. The molecule has 0 aliphatic carbocycles. The Bertz CT molecular complexity index is 1000. The molecule has 6 nitrogen and oxygen atoms in total. The fourth-order valence-electron chi connectivity index (χ4n) is 2.35. The Kier molecular flexibility index (Phi) is 4.49. The van der Waals surface area contributed by atoms with E-state index in [9.17, 15) is 18.3 Å². The minimum absolute atomic E-state index is 0.0645. The van der Waals surface area contributed by atoms with Crippen LogP contribution in [0.3, 0.4) is 0 Å². The molecule has 0 saturated carbocycles. The molecule has 0 saturated heterocycles. The standard InChI is InChI=1S/C18H14N2O4S/c21-18(22)16-6-2-1-5-15(16)13-8-10-14(11-9-13)25(23,24)20-17-7-3-4-12-19-17/h1-12H,(H,19,20)(H,21,22). The maximum atomic E-state index is 12.4. The molecular weight excluding hydrogens is 340 g/mol. The van der Waals surface area contributed by atoms with E-state index >= 15 is 0 Å². The molecule has 0 fully saturated rings. The van der Waals surface area contributed by atoms with Crippen LogP contribution in [-0.2, 0) is 10.0 Å². The van der Waals surface area contributed by atoms with E-state index in [1.165, 1.54) is 24.4 Å². The molecule has 0 spiro atoms. The summed E-state index contributed by atoms with van der Waals surface area (Å²) < 4.78 is 27.1. The highest BCUT2D eigenvalue weighted by Crippen LogP contribution is 2.25. The zero-order valence-electron chi connectivity index (χ0n) is 13.0. The highest BCUT2D eigenvalue weighted by Gasteiger charge is 2.16. The van der Waals surface area contributed by atoms with Crippen molar-refractivity contribution >= 4 is 21.8 Å². The third-order valence-electron chi connectivity index (χ3n) is 3.54. The van der Waals surface area contributed by atoms with Crippen LogP contribution in [0.25, 0.3) is 11.1 Å². The summed E-state index contributed by atoms with van der Waals surface area (Å²) in [7, 11) is -3.77. The number of carboxylic acid groups (broad SMARTS) is 1. The summed E-state index contributed by atoms with van der Waals surface area (Å²) in [5.74, 6) is -0.813. The van der Waals surface area contributed by atoms with Crippen LogP contribution in [0.5, 0.6) is 0 Å². The maximum absolute atomic E-state index is 12.4. The second-order valence-corrected chi connectivity index (χ2v) is 6.88. The lowest BCUT2D eigenvalue weighted by molar-refractivity contribution is 0.0697. The third-order valence-corrected chi connectivity index (χ3v) is 4.91. The fraction of sp³-hybridized carbons (Fsp3) is 0. The van der Waals surface area contributed by atoms with E-state index in [0.717, 1.165) is 0 Å². The van der Waals surface area contributed by atoms with Crippen LogP contribution < -0.4 is 4.72 Å². The van der Waals surface area contributed by atoms with Gasteiger partial charge < -0.3 is 5.11 Å². The van der Waals surface area contributed by atoms with E-state index in [4.69, 9.17) is 0 Å². The first-order valence-corrected chi connectivity index (χ1v) is 8.82. The number of pyridine rings is 1. The molecular formula is C18H14N2O4S. The Morgan fingerprint density at radius 2 is 1.60 bits per heavy atom. The van der Waals surface area contributed by atoms with Gasteiger partial charge in [-0.3, -0.25) is 4.72 Å². The number of aromatic carboxylic acids is 1. The van der Waals surface area contributed by atoms with E-state index in [0.29, 0.717) is 11.1 Å². The smallest absolute Gasteiger partial charge is 0.336 e. The van der Waals surface area contributed by atoms with Gasteiger partial charge in [-0.1, -0.05) is 36.4 Å². The monoisotopic (exact) mass is 354 g/mol. The number of hydrogen-bond donors (Lipinski definition) is 2. The largest absolute Gasteiger partial charge is 0.478 e. The van der Waals surface area contributed by atoms with Gasteiger partial charge in [0.15, 0.2) is 0 Å². The first-order chi connectivity index (χ1) is 12.0. The number of aromatic nitrogens is 1. The molecule has 0 aliphatic heterocycles. The quantitative estimate of drug-likeness (QED) is 0.733. The first-order valence-electron chi connectivity index (χ1n) is 7.34. The number of nitrogens with one attached hydrogen (secondary N) is 1. The van der Waals surface area contributed by atoms with E-state index in [1.807, 2.05) is 0 Å². The summed E-state index contributed by atoms with van der Waals surface area (Å²) >= 11 is 0. The highest BCUT2D eigenvalue weighted by atomic mass is 32.2. The number of carboxylic acids is 1. The average Bonchev–Trinajstić information content (AvgIpc) is 2.62. The molecule has 1 aromatic heterocycles. The summed E-state index contributed by atoms with van der Waals surface area (Å²) in [6, 6.07) is 17.5. The summed E-state index contributed by atoms with van der Waals surface area (Å²) in [5, 5.41) is 9.26. The molecule has 25 heavy (non-hydrogen) atoms. The topological polar surface area (TPSA) is 96.4 Å². The van der Waals surface area contributed by atoms with Crippen molar-refractivity contribution in [3.8, 4) is 11.1 Å². The van der Waals surface area contributed by atoms with E-state index in [2.05, 4.69) is 9.71 Å². The van der Waals surface area contributed by atoms with Crippen LogP contribution in [0.15, 0.2) is 77.8 Å². The first kappa shape index (κ1) is 16.7. The zero-order chi connectivity index (χ0) is 17.9. The fourth-order valence-corrected chi connectivity index (χ4v) is 3.36. The van der Waals surface area contributed by atoms with Gasteiger partial charge in [0.25, 0.3) is 10.0 Å².